The van der Waals surface area contributed by atoms with E-state index in [0.717, 1.165) is 5.56 Å². The molecule has 8 nitrogen and oxygen atoms in total. The van der Waals surface area contributed by atoms with Crippen LogP contribution < -0.4 is 5.32 Å². The van der Waals surface area contributed by atoms with E-state index >= 15 is 0 Å². The first-order chi connectivity index (χ1) is 12.8. The second-order valence-corrected chi connectivity index (χ2v) is 8.62. The smallest absolute Gasteiger partial charge is 0.243 e. The number of aryl methyl sites for hydroxylation is 2. The van der Waals surface area contributed by atoms with Gasteiger partial charge in [0.15, 0.2) is 5.82 Å². The molecule has 1 fully saturated rings. The number of amides is 1. The number of nitrogens with zero attached hydrogens (tertiary/aromatic N) is 3. The second-order valence-electron chi connectivity index (χ2n) is 6.68. The van der Waals surface area contributed by atoms with Crippen LogP contribution in [-0.4, -0.2) is 61.4 Å². The van der Waals surface area contributed by atoms with Crippen molar-refractivity contribution < 1.29 is 17.7 Å². The van der Waals surface area contributed by atoms with Crippen molar-refractivity contribution in [2.24, 2.45) is 0 Å². The van der Waals surface area contributed by atoms with Crippen LogP contribution in [0.5, 0.6) is 0 Å². The van der Waals surface area contributed by atoms with Crippen molar-refractivity contribution in [1.82, 2.24) is 14.4 Å². The predicted molar refractivity (Wildman–Crippen MR) is 101 cm³/mol. The summed E-state index contributed by atoms with van der Waals surface area (Å²) in [5.41, 5.74) is 1.03. The highest BCUT2D eigenvalue weighted by atomic mass is 32.2. The standard InChI is InChI=1S/C18H24N4O4S/c1-14-3-5-16(6-4-14)27(24,25)22-11-9-21(10-12-22)8-7-18(23)19-17-13-15(2)26-20-17/h3-6,13H,7-12H2,1-2H3,(H,19,20,23). The summed E-state index contributed by atoms with van der Waals surface area (Å²) in [7, 11) is -3.46. The molecule has 1 aliphatic heterocycles. The molecule has 0 bridgehead atoms. The van der Waals surface area contributed by atoms with Gasteiger partial charge in [0, 0.05) is 45.2 Å². The Bertz CT molecular complexity index is 884. The quantitative estimate of drug-likeness (QED) is 0.803. The van der Waals surface area contributed by atoms with Gasteiger partial charge in [-0.2, -0.15) is 4.31 Å². The molecular formula is C18H24N4O4S. The normalized spacial score (nSPS) is 16.4. The van der Waals surface area contributed by atoms with Crippen LogP contribution in [0.2, 0.25) is 0 Å². The number of hydrogen-bond donors (Lipinski definition) is 1. The van der Waals surface area contributed by atoms with Gasteiger partial charge in [0.1, 0.15) is 5.76 Å². The number of nitrogens with one attached hydrogen (secondary N) is 1. The maximum Gasteiger partial charge on any atom is 0.243 e. The Labute approximate surface area is 159 Å². The van der Waals surface area contributed by atoms with Gasteiger partial charge in [-0.15, -0.1) is 0 Å². The van der Waals surface area contributed by atoms with E-state index in [1.807, 2.05) is 6.92 Å². The van der Waals surface area contributed by atoms with Crippen LogP contribution in [0.1, 0.15) is 17.7 Å². The van der Waals surface area contributed by atoms with E-state index in [1.165, 1.54) is 4.31 Å². The molecule has 0 unspecified atom stereocenters. The van der Waals surface area contributed by atoms with Crippen molar-refractivity contribution >= 4 is 21.7 Å². The van der Waals surface area contributed by atoms with Gasteiger partial charge in [-0.05, 0) is 26.0 Å². The Balaban J connectivity index is 1.47. The van der Waals surface area contributed by atoms with Crippen LogP contribution in [0.3, 0.4) is 0 Å². The first-order valence-corrected chi connectivity index (χ1v) is 10.3. The second kappa shape index (κ2) is 8.20. The van der Waals surface area contributed by atoms with Gasteiger partial charge >= 0.3 is 0 Å². The van der Waals surface area contributed by atoms with Crippen molar-refractivity contribution in [3.8, 4) is 0 Å². The summed E-state index contributed by atoms with van der Waals surface area (Å²) < 4.78 is 31.8. The highest BCUT2D eigenvalue weighted by molar-refractivity contribution is 7.89. The SMILES string of the molecule is Cc1ccc(S(=O)(=O)N2CCN(CCC(=O)Nc3cc(C)on3)CC2)cc1. The Hall–Kier alpha value is -2.23. The number of benzene rings is 1. The number of anilines is 1. The largest absolute Gasteiger partial charge is 0.360 e. The topological polar surface area (TPSA) is 95.8 Å². The fourth-order valence-corrected chi connectivity index (χ4v) is 4.37. The van der Waals surface area contributed by atoms with Gasteiger partial charge < -0.3 is 14.7 Å². The summed E-state index contributed by atoms with van der Waals surface area (Å²) in [5.74, 6) is 0.903. The lowest BCUT2D eigenvalue weighted by molar-refractivity contribution is -0.116. The Morgan fingerprint density at radius 3 is 2.41 bits per heavy atom. The van der Waals surface area contributed by atoms with E-state index in [-0.39, 0.29) is 5.91 Å². The van der Waals surface area contributed by atoms with Crippen molar-refractivity contribution in [2.45, 2.75) is 25.2 Å². The third-order valence-electron chi connectivity index (χ3n) is 4.54. The maximum atomic E-state index is 12.7. The molecule has 0 saturated carbocycles. The lowest BCUT2D eigenvalue weighted by atomic mass is 10.2. The zero-order valence-electron chi connectivity index (χ0n) is 15.5. The number of sulfonamides is 1. The molecule has 1 aromatic carbocycles. The Morgan fingerprint density at radius 1 is 1.15 bits per heavy atom. The van der Waals surface area contributed by atoms with Crippen LogP contribution in [-0.2, 0) is 14.8 Å². The van der Waals surface area contributed by atoms with E-state index in [0.29, 0.717) is 55.6 Å². The summed E-state index contributed by atoms with van der Waals surface area (Å²) in [4.78, 5) is 14.4. The lowest BCUT2D eigenvalue weighted by Gasteiger charge is -2.33. The number of rotatable bonds is 6. The van der Waals surface area contributed by atoms with Gasteiger partial charge in [0.05, 0.1) is 4.90 Å². The van der Waals surface area contributed by atoms with Crippen LogP contribution in [0.15, 0.2) is 39.8 Å². The highest BCUT2D eigenvalue weighted by Gasteiger charge is 2.28. The van der Waals surface area contributed by atoms with Crippen molar-refractivity contribution in [3.05, 3.63) is 41.7 Å². The minimum atomic E-state index is -3.46. The summed E-state index contributed by atoms with van der Waals surface area (Å²) >= 11 is 0. The van der Waals surface area contributed by atoms with E-state index in [4.69, 9.17) is 4.52 Å². The van der Waals surface area contributed by atoms with Gasteiger partial charge in [-0.3, -0.25) is 4.79 Å². The molecule has 0 spiro atoms. The summed E-state index contributed by atoms with van der Waals surface area (Å²) in [6.45, 7) is 6.28. The molecule has 146 valence electrons. The lowest BCUT2D eigenvalue weighted by Crippen LogP contribution is -2.49. The predicted octanol–water partition coefficient (Wildman–Crippen LogP) is 1.63. The number of carbonyl (C=O) groups is 1. The van der Waals surface area contributed by atoms with Crippen LogP contribution in [0.25, 0.3) is 0 Å². The molecule has 27 heavy (non-hydrogen) atoms. The number of hydrogen-bond acceptors (Lipinski definition) is 6. The molecule has 2 heterocycles. The molecule has 0 radical (unpaired) electrons. The Kier molecular flexibility index (Phi) is 5.93. The van der Waals surface area contributed by atoms with Gasteiger partial charge in [-0.1, -0.05) is 22.9 Å². The molecule has 2 aromatic rings. The number of aromatic nitrogens is 1. The average molecular weight is 392 g/mol. The monoisotopic (exact) mass is 392 g/mol. The van der Waals surface area contributed by atoms with Gasteiger partial charge in [-0.25, -0.2) is 8.42 Å². The van der Waals surface area contributed by atoms with E-state index in [1.54, 1.807) is 37.3 Å². The fourth-order valence-electron chi connectivity index (χ4n) is 2.94. The molecule has 0 aliphatic carbocycles. The van der Waals surface area contributed by atoms with E-state index < -0.39 is 10.0 Å². The molecule has 1 N–H and O–H groups in total. The molecule has 1 amide bonds. The molecular weight excluding hydrogens is 368 g/mol. The van der Waals surface area contributed by atoms with Gasteiger partial charge in [0.2, 0.25) is 15.9 Å². The zero-order chi connectivity index (χ0) is 19.4. The van der Waals surface area contributed by atoms with Crippen LogP contribution >= 0.6 is 0 Å². The third kappa shape index (κ3) is 4.94. The molecule has 1 aromatic heterocycles. The van der Waals surface area contributed by atoms with Crippen molar-refractivity contribution in [2.75, 3.05) is 38.0 Å². The zero-order valence-corrected chi connectivity index (χ0v) is 16.3. The third-order valence-corrected chi connectivity index (χ3v) is 6.45. The average Bonchev–Trinajstić information content (AvgIpc) is 3.05. The van der Waals surface area contributed by atoms with Crippen LogP contribution in [0.4, 0.5) is 5.82 Å². The molecule has 0 atom stereocenters. The minimum absolute atomic E-state index is 0.141. The number of piperazine rings is 1. The van der Waals surface area contributed by atoms with Crippen molar-refractivity contribution in [1.29, 1.82) is 0 Å². The van der Waals surface area contributed by atoms with Gasteiger partial charge in [0.25, 0.3) is 0 Å². The number of carbonyl (C=O) groups excluding carboxylic acids is 1. The van der Waals surface area contributed by atoms with E-state index in [2.05, 4.69) is 15.4 Å². The highest BCUT2D eigenvalue weighted by Crippen LogP contribution is 2.18. The first kappa shape index (κ1) is 19.5. The van der Waals surface area contributed by atoms with Crippen LogP contribution in [0, 0.1) is 13.8 Å². The molecule has 1 aliphatic rings. The maximum absolute atomic E-state index is 12.7. The summed E-state index contributed by atoms with van der Waals surface area (Å²) in [6, 6.07) is 8.56. The summed E-state index contributed by atoms with van der Waals surface area (Å²) in [6.07, 6.45) is 0.316. The first-order valence-electron chi connectivity index (χ1n) is 8.87. The molecule has 1 saturated heterocycles. The minimum Gasteiger partial charge on any atom is -0.360 e. The molecule has 3 rings (SSSR count). The fraction of sp³-hybridized carbons (Fsp3) is 0.444. The summed E-state index contributed by atoms with van der Waals surface area (Å²) in [5, 5.41) is 6.41. The van der Waals surface area contributed by atoms with E-state index in [9.17, 15) is 13.2 Å². The van der Waals surface area contributed by atoms with Crippen molar-refractivity contribution in [3.63, 3.8) is 0 Å². The molecule has 9 heteroatoms. The Morgan fingerprint density at radius 2 is 1.81 bits per heavy atom.